The molecule has 3 aromatic rings. The molecule has 0 spiro atoms. The number of hydrogen-bond donors (Lipinski definition) is 1. The summed E-state index contributed by atoms with van der Waals surface area (Å²) in [6, 6.07) is 31.7. The Kier molecular flexibility index (Phi) is 5.14. The van der Waals surface area contributed by atoms with Crippen LogP contribution >= 0.6 is 0 Å². The topological polar surface area (TPSA) is 32.3 Å². The molecular weight excluding hydrogens is 332 g/mol. The first kappa shape index (κ1) is 17.7. The largest absolute Gasteiger partial charge is 0.305 e. The normalized spacial score (nSPS) is 18.1. The zero-order chi connectivity index (χ0) is 18.5. The maximum Gasteiger partial charge on any atom is 0.138 e. The molecule has 1 heterocycles. The van der Waals surface area contributed by atoms with E-state index in [0.29, 0.717) is 6.54 Å². The van der Waals surface area contributed by atoms with E-state index in [-0.39, 0.29) is 6.04 Å². The van der Waals surface area contributed by atoms with Crippen LogP contribution in [-0.2, 0) is 10.3 Å². The highest BCUT2D eigenvalue weighted by Crippen LogP contribution is 2.42. The van der Waals surface area contributed by atoms with E-state index in [9.17, 15) is 4.79 Å². The lowest BCUT2D eigenvalue weighted by atomic mass is 9.75. The van der Waals surface area contributed by atoms with Crippen LogP contribution in [0.25, 0.3) is 0 Å². The van der Waals surface area contributed by atoms with Gasteiger partial charge in [0.05, 0.1) is 11.6 Å². The molecule has 0 amide bonds. The van der Waals surface area contributed by atoms with Crippen molar-refractivity contribution in [2.75, 3.05) is 19.6 Å². The fourth-order valence-electron chi connectivity index (χ4n) is 4.26. The molecule has 1 N–H and O–H groups in total. The summed E-state index contributed by atoms with van der Waals surface area (Å²) in [5.41, 5.74) is 3.21. The highest BCUT2D eigenvalue weighted by atomic mass is 16.1. The first-order valence-electron chi connectivity index (χ1n) is 9.46. The predicted molar refractivity (Wildman–Crippen MR) is 109 cm³/mol. The van der Waals surface area contributed by atoms with Gasteiger partial charge in [0.2, 0.25) is 0 Å². The van der Waals surface area contributed by atoms with E-state index in [1.54, 1.807) is 0 Å². The number of rotatable bonds is 5. The van der Waals surface area contributed by atoms with Crippen molar-refractivity contribution in [2.45, 2.75) is 11.6 Å². The molecule has 4 rings (SSSR count). The van der Waals surface area contributed by atoms with E-state index < -0.39 is 5.54 Å². The van der Waals surface area contributed by atoms with E-state index in [4.69, 9.17) is 0 Å². The third kappa shape index (κ3) is 3.20. The Balaban J connectivity index is 1.99. The van der Waals surface area contributed by atoms with Crippen molar-refractivity contribution in [3.63, 3.8) is 0 Å². The highest BCUT2D eigenvalue weighted by molar-refractivity contribution is 5.59. The molecule has 0 bridgehead atoms. The molecule has 1 atom stereocenters. The van der Waals surface area contributed by atoms with Crippen molar-refractivity contribution in [1.29, 1.82) is 0 Å². The molecule has 0 radical (unpaired) electrons. The van der Waals surface area contributed by atoms with Gasteiger partial charge in [-0.1, -0.05) is 91.0 Å². The molecule has 0 aliphatic carbocycles. The molecule has 0 saturated carbocycles. The van der Waals surface area contributed by atoms with Gasteiger partial charge < -0.3 is 10.1 Å². The summed E-state index contributed by atoms with van der Waals surface area (Å²) in [4.78, 5) is 14.0. The van der Waals surface area contributed by atoms with E-state index in [2.05, 4.69) is 101 Å². The molecule has 136 valence electrons. The van der Waals surface area contributed by atoms with Crippen LogP contribution < -0.4 is 5.32 Å². The van der Waals surface area contributed by atoms with Gasteiger partial charge in [-0.15, -0.1) is 0 Å². The minimum Gasteiger partial charge on any atom is -0.305 e. The monoisotopic (exact) mass is 356 g/mol. The Bertz CT molecular complexity index is 768. The zero-order valence-corrected chi connectivity index (χ0v) is 15.3. The maximum absolute atomic E-state index is 11.6. The van der Waals surface area contributed by atoms with E-state index in [0.717, 1.165) is 19.4 Å². The van der Waals surface area contributed by atoms with Crippen LogP contribution in [0.2, 0.25) is 0 Å². The second-order valence-electron chi connectivity index (χ2n) is 6.95. The average molecular weight is 356 g/mol. The van der Waals surface area contributed by atoms with Gasteiger partial charge in [0.25, 0.3) is 0 Å². The van der Waals surface area contributed by atoms with Crippen LogP contribution in [0.1, 0.15) is 16.7 Å². The summed E-state index contributed by atoms with van der Waals surface area (Å²) in [5.74, 6) is 0. The van der Waals surface area contributed by atoms with Crippen molar-refractivity contribution in [2.24, 2.45) is 0 Å². The Labute approximate surface area is 160 Å². The van der Waals surface area contributed by atoms with Gasteiger partial charge in [0, 0.05) is 19.6 Å². The summed E-state index contributed by atoms with van der Waals surface area (Å²) >= 11 is 0. The van der Waals surface area contributed by atoms with Gasteiger partial charge in [0.15, 0.2) is 0 Å². The van der Waals surface area contributed by atoms with Gasteiger partial charge >= 0.3 is 0 Å². The molecule has 1 aliphatic rings. The molecule has 1 fully saturated rings. The van der Waals surface area contributed by atoms with Gasteiger partial charge in [0.1, 0.15) is 6.29 Å². The minimum atomic E-state index is -0.437. The van der Waals surface area contributed by atoms with Gasteiger partial charge in [-0.3, -0.25) is 4.90 Å². The van der Waals surface area contributed by atoms with Crippen molar-refractivity contribution in [3.8, 4) is 0 Å². The van der Waals surface area contributed by atoms with E-state index in [1.807, 2.05) is 0 Å². The smallest absolute Gasteiger partial charge is 0.138 e. The molecule has 1 unspecified atom stereocenters. The summed E-state index contributed by atoms with van der Waals surface area (Å²) in [5, 5.41) is 3.32. The number of aldehydes is 1. The molecule has 0 aromatic heterocycles. The Hall–Kier alpha value is -2.75. The fourth-order valence-corrected chi connectivity index (χ4v) is 4.26. The fraction of sp³-hybridized carbons (Fsp3) is 0.208. The number of carbonyl (C=O) groups is 1. The second-order valence-corrected chi connectivity index (χ2v) is 6.95. The predicted octanol–water partition coefficient (Wildman–Crippen LogP) is 3.45. The SMILES string of the molecule is O=CC1CN(C(c2ccccc2)(c2ccccc2)c2ccccc2)CCN1. The lowest BCUT2D eigenvalue weighted by Gasteiger charge is -2.48. The van der Waals surface area contributed by atoms with E-state index >= 15 is 0 Å². The maximum atomic E-state index is 11.6. The summed E-state index contributed by atoms with van der Waals surface area (Å²) in [6.07, 6.45) is 1.03. The van der Waals surface area contributed by atoms with Crippen LogP contribution in [0.15, 0.2) is 91.0 Å². The third-order valence-corrected chi connectivity index (χ3v) is 5.42. The van der Waals surface area contributed by atoms with Gasteiger partial charge in [-0.2, -0.15) is 0 Å². The van der Waals surface area contributed by atoms with Gasteiger partial charge in [-0.25, -0.2) is 0 Å². The van der Waals surface area contributed by atoms with Crippen LogP contribution in [0.5, 0.6) is 0 Å². The zero-order valence-electron chi connectivity index (χ0n) is 15.3. The molecule has 3 aromatic carbocycles. The molecule has 1 saturated heterocycles. The van der Waals surface area contributed by atoms with Crippen LogP contribution in [-0.4, -0.2) is 36.9 Å². The van der Waals surface area contributed by atoms with Crippen LogP contribution in [0, 0.1) is 0 Å². The lowest BCUT2D eigenvalue weighted by Crippen LogP contribution is -2.59. The highest BCUT2D eigenvalue weighted by Gasteiger charge is 2.43. The van der Waals surface area contributed by atoms with Crippen molar-refractivity contribution >= 4 is 6.29 Å². The first-order valence-corrected chi connectivity index (χ1v) is 9.46. The number of piperazine rings is 1. The molecule has 3 heteroatoms. The number of nitrogens with zero attached hydrogens (tertiary/aromatic N) is 1. The summed E-state index contributed by atoms with van der Waals surface area (Å²) in [7, 11) is 0. The molecule has 3 nitrogen and oxygen atoms in total. The molecule has 1 aliphatic heterocycles. The standard InChI is InChI=1S/C24H24N2O/c27-19-23-18-26(17-16-25-23)24(20-10-4-1-5-11-20,21-12-6-2-7-13-21)22-14-8-3-9-15-22/h1-15,19,23,25H,16-18H2. The molecule has 27 heavy (non-hydrogen) atoms. The second kappa shape index (κ2) is 7.87. The van der Waals surface area contributed by atoms with Crippen molar-refractivity contribution in [3.05, 3.63) is 108 Å². The Morgan fingerprint density at radius 3 is 1.63 bits per heavy atom. The first-order chi connectivity index (χ1) is 13.4. The summed E-state index contributed by atoms with van der Waals surface area (Å²) in [6.45, 7) is 2.32. The van der Waals surface area contributed by atoms with Crippen molar-refractivity contribution < 1.29 is 4.79 Å². The van der Waals surface area contributed by atoms with Crippen LogP contribution in [0.3, 0.4) is 0 Å². The van der Waals surface area contributed by atoms with Crippen LogP contribution in [0.4, 0.5) is 0 Å². The Morgan fingerprint density at radius 1 is 0.778 bits per heavy atom. The van der Waals surface area contributed by atoms with Gasteiger partial charge in [-0.05, 0) is 16.7 Å². The number of nitrogens with one attached hydrogen (secondary N) is 1. The number of hydrogen-bond acceptors (Lipinski definition) is 3. The van der Waals surface area contributed by atoms with Crippen molar-refractivity contribution in [1.82, 2.24) is 10.2 Å². The number of benzene rings is 3. The summed E-state index contributed by atoms with van der Waals surface area (Å²) < 4.78 is 0. The third-order valence-electron chi connectivity index (χ3n) is 5.42. The Morgan fingerprint density at radius 2 is 1.22 bits per heavy atom. The molecular formula is C24H24N2O. The number of carbonyl (C=O) groups excluding carboxylic acids is 1. The quantitative estimate of drug-likeness (QED) is 0.561. The van der Waals surface area contributed by atoms with E-state index in [1.165, 1.54) is 16.7 Å². The minimum absolute atomic E-state index is 0.158. The average Bonchev–Trinajstić information content (AvgIpc) is 2.77. The lowest BCUT2D eigenvalue weighted by molar-refractivity contribution is -0.111.